The lowest BCUT2D eigenvalue weighted by Gasteiger charge is -2.27. The number of hydrogen-bond acceptors (Lipinski definition) is 2. The van der Waals surface area contributed by atoms with Gasteiger partial charge in [0.2, 0.25) is 0 Å². The van der Waals surface area contributed by atoms with E-state index in [9.17, 15) is 4.79 Å². The summed E-state index contributed by atoms with van der Waals surface area (Å²) >= 11 is 0. The predicted molar refractivity (Wildman–Crippen MR) is 75.4 cm³/mol. The number of carbonyl (C=O) groups excluding carboxylic acids is 1. The van der Waals surface area contributed by atoms with Crippen molar-refractivity contribution >= 4 is 5.91 Å². The van der Waals surface area contributed by atoms with Crippen LogP contribution in [0.2, 0.25) is 0 Å². The summed E-state index contributed by atoms with van der Waals surface area (Å²) in [6.07, 6.45) is 2.53. The van der Waals surface area contributed by atoms with Gasteiger partial charge in [0, 0.05) is 18.0 Å². The van der Waals surface area contributed by atoms with E-state index < -0.39 is 0 Å². The Hall–Kier alpha value is -2.10. The van der Waals surface area contributed by atoms with E-state index >= 15 is 0 Å². The molecule has 4 rings (SSSR count). The number of hydrogen-bond donors (Lipinski definition) is 0. The van der Waals surface area contributed by atoms with E-state index in [1.165, 1.54) is 24.2 Å². The second-order valence-corrected chi connectivity index (χ2v) is 5.65. The monoisotopic (exact) mass is 267 g/mol. The van der Waals surface area contributed by atoms with Gasteiger partial charge in [-0.3, -0.25) is 9.48 Å². The quantitative estimate of drug-likeness (QED) is 0.838. The molecule has 0 saturated heterocycles. The third-order valence-electron chi connectivity index (χ3n) is 4.12. The average Bonchev–Trinajstić information content (AvgIpc) is 3.26. The minimum absolute atomic E-state index is 0.117. The largest absolute Gasteiger partial charge is 0.331 e. The zero-order valence-electron chi connectivity index (χ0n) is 11.3. The highest BCUT2D eigenvalue weighted by molar-refractivity contribution is 5.94. The van der Waals surface area contributed by atoms with Crippen molar-refractivity contribution in [3.05, 3.63) is 53.3 Å². The summed E-state index contributed by atoms with van der Waals surface area (Å²) in [6, 6.07) is 11.7. The molecule has 2 heterocycles. The zero-order valence-corrected chi connectivity index (χ0v) is 11.3. The van der Waals surface area contributed by atoms with Crippen LogP contribution in [-0.4, -0.2) is 27.1 Å². The van der Waals surface area contributed by atoms with Gasteiger partial charge in [-0.2, -0.15) is 5.10 Å². The number of nitrogens with zero attached hydrogens (tertiary/aromatic N) is 3. The van der Waals surface area contributed by atoms with Crippen molar-refractivity contribution in [2.24, 2.45) is 0 Å². The van der Waals surface area contributed by atoms with Crippen molar-refractivity contribution < 1.29 is 4.79 Å². The highest BCUT2D eigenvalue weighted by atomic mass is 16.2. The maximum absolute atomic E-state index is 12.5. The van der Waals surface area contributed by atoms with Gasteiger partial charge in [0.15, 0.2) is 0 Å². The van der Waals surface area contributed by atoms with Gasteiger partial charge in [-0.05, 0) is 31.0 Å². The molecule has 1 aliphatic heterocycles. The van der Waals surface area contributed by atoms with Crippen molar-refractivity contribution in [2.45, 2.75) is 31.8 Å². The van der Waals surface area contributed by atoms with Crippen LogP contribution in [0.1, 0.15) is 40.5 Å². The van der Waals surface area contributed by atoms with Crippen molar-refractivity contribution in [1.82, 2.24) is 14.7 Å². The third kappa shape index (κ3) is 2.01. The van der Waals surface area contributed by atoms with E-state index in [2.05, 4.69) is 15.8 Å². The Bertz CT molecular complexity index is 643. The summed E-state index contributed by atoms with van der Waals surface area (Å²) in [5.41, 5.74) is 3.15. The van der Waals surface area contributed by atoms with E-state index in [-0.39, 0.29) is 5.91 Å². The van der Waals surface area contributed by atoms with Crippen LogP contribution in [0.3, 0.4) is 0 Å². The normalized spacial score (nSPS) is 17.9. The van der Waals surface area contributed by atoms with Crippen LogP contribution in [0, 0.1) is 0 Å². The molecule has 2 aromatic rings. The van der Waals surface area contributed by atoms with Crippen LogP contribution in [0.15, 0.2) is 36.4 Å². The van der Waals surface area contributed by atoms with Crippen LogP contribution in [0.4, 0.5) is 0 Å². The number of amides is 1. The van der Waals surface area contributed by atoms with Gasteiger partial charge in [-0.1, -0.05) is 18.2 Å². The molecule has 0 atom stereocenters. The molecule has 0 bridgehead atoms. The number of carbonyl (C=O) groups is 1. The topological polar surface area (TPSA) is 38.1 Å². The summed E-state index contributed by atoms with van der Waals surface area (Å²) in [7, 11) is 0. The van der Waals surface area contributed by atoms with Crippen molar-refractivity contribution in [1.29, 1.82) is 0 Å². The molecule has 1 fully saturated rings. The third-order valence-corrected chi connectivity index (χ3v) is 4.12. The van der Waals surface area contributed by atoms with Gasteiger partial charge in [-0.15, -0.1) is 0 Å². The van der Waals surface area contributed by atoms with Gasteiger partial charge >= 0.3 is 0 Å². The smallest absolute Gasteiger partial charge is 0.254 e. The first-order valence-electron chi connectivity index (χ1n) is 7.22. The second-order valence-electron chi connectivity index (χ2n) is 5.65. The minimum atomic E-state index is 0.117. The number of benzene rings is 1. The average molecular weight is 267 g/mol. The molecule has 2 aliphatic rings. The van der Waals surface area contributed by atoms with Crippen LogP contribution >= 0.6 is 0 Å². The number of rotatable bonds is 2. The van der Waals surface area contributed by atoms with Gasteiger partial charge in [0.05, 0.1) is 24.5 Å². The summed E-state index contributed by atoms with van der Waals surface area (Å²) in [6.45, 7) is 2.22. The molecule has 1 aromatic carbocycles. The molecule has 4 heteroatoms. The summed E-state index contributed by atoms with van der Waals surface area (Å²) in [4.78, 5) is 14.4. The Labute approximate surface area is 118 Å². The van der Waals surface area contributed by atoms with Crippen LogP contribution in [-0.2, 0) is 13.1 Å². The lowest BCUT2D eigenvalue weighted by Crippen LogP contribution is -2.38. The van der Waals surface area contributed by atoms with Gasteiger partial charge < -0.3 is 4.90 Å². The van der Waals surface area contributed by atoms with Gasteiger partial charge in [0.1, 0.15) is 0 Å². The van der Waals surface area contributed by atoms with Gasteiger partial charge in [0.25, 0.3) is 5.91 Å². The van der Waals surface area contributed by atoms with Gasteiger partial charge in [-0.25, -0.2) is 0 Å². The Balaban J connectivity index is 1.55. The molecule has 0 N–H and O–H groups in total. The Morgan fingerprint density at radius 1 is 1.15 bits per heavy atom. The SMILES string of the molecule is O=C(c1ccccc1)N1CCn2nc(C3CC3)cc2C1. The maximum Gasteiger partial charge on any atom is 0.254 e. The molecular weight excluding hydrogens is 250 g/mol. The summed E-state index contributed by atoms with van der Waals surface area (Å²) in [5.74, 6) is 0.789. The molecule has 0 spiro atoms. The Kier molecular flexibility index (Phi) is 2.62. The fourth-order valence-electron chi connectivity index (χ4n) is 2.80. The highest BCUT2D eigenvalue weighted by Gasteiger charge is 2.29. The predicted octanol–water partition coefficient (Wildman–Crippen LogP) is 2.42. The van der Waals surface area contributed by atoms with Crippen molar-refractivity contribution in [3.8, 4) is 0 Å². The standard InChI is InChI=1S/C16H17N3O/c20-16(13-4-2-1-3-5-13)18-8-9-19-14(11-18)10-15(17-19)12-6-7-12/h1-5,10,12H,6-9,11H2. The molecule has 102 valence electrons. The van der Waals surface area contributed by atoms with E-state index in [1.54, 1.807) is 0 Å². The van der Waals surface area contributed by atoms with E-state index in [1.807, 2.05) is 35.2 Å². The highest BCUT2D eigenvalue weighted by Crippen LogP contribution is 2.39. The first kappa shape index (κ1) is 11.7. The van der Waals surface area contributed by atoms with Crippen molar-refractivity contribution in [3.63, 3.8) is 0 Å². The molecule has 1 amide bonds. The summed E-state index contributed by atoms with van der Waals surface area (Å²) in [5, 5.41) is 4.66. The minimum Gasteiger partial charge on any atom is -0.331 e. The molecule has 1 aromatic heterocycles. The molecule has 1 aliphatic carbocycles. The van der Waals surface area contributed by atoms with E-state index in [0.29, 0.717) is 12.5 Å². The lowest BCUT2D eigenvalue weighted by molar-refractivity contribution is 0.0706. The van der Waals surface area contributed by atoms with Crippen LogP contribution in [0.5, 0.6) is 0 Å². The molecule has 0 radical (unpaired) electrons. The Morgan fingerprint density at radius 2 is 1.95 bits per heavy atom. The molecular formula is C16H17N3O. The van der Waals surface area contributed by atoms with Crippen LogP contribution in [0.25, 0.3) is 0 Å². The lowest BCUT2D eigenvalue weighted by atomic mass is 10.1. The second kappa shape index (κ2) is 4.47. The number of fused-ring (bicyclic) bond motifs is 1. The first-order valence-corrected chi connectivity index (χ1v) is 7.22. The zero-order chi connectivity index (χ0) is 13.5. The number of aromatic nitrogens is 2. The van der Waals surface area contributed by atoms with Crippen molar-refractivity contribution in [2.75, 3.05) is 6.54 Å². The first-order chi connectivity index (χ1) is 9.81. The molecule has 4 nitrogen and oxygen atoms in total. The molecule has 1 saturated carbocycles. The summed E-state index contributed by atoms with van der Waals surface area (Å²) < 4.78 is 2.07. The van der Waals surface area contributed by atoms with Crippen LogP contribution < -0.4 is 0 Å². The Morgan fingerprint density at radius 3 is 2.70 bits per heavy atom. The fourth-order valence-corrected chi connectivity index (χ4v) is 2.80. The molecule has 20 heavy (non-hydrogen) atoms. The fraction of sp³-hybridized carbons (Fsp3) is 0.375. The molecule has 0 unspecified atom stereocenters. The van der Waals surface area contributed by atoms with E-state index in [0.717, 1.165) is 18.7 Å². The maximum atomic E-state index is 12.5. The van der Waals surface area contributed by atoms with E-state index in [4.69, 9.17) is 0 Å².